The van der Waals surface area contributed by atoms with Gasteiger partial charge in [-0.25, -0.2) is 13.1 Å². The largest absolute Gasteiger partial charge is 0.416 e. The van der Waals surface area contributed by atoms with E-state index in [2.05, 4.69) is 10.0 Å². The molecule has 1 amide bonds. The second kappa shape index (κ2) is 7.24. The number of nitrogens with one attached hydrogen (secondary N) is 2. The van der Waals surface area contributed by atoms with E-state index in [9.17, 15) is 26.4 Å². The van der Waals surface area contributed by atoms with Crippen molar-refractivity contribution in [3.05, 3.63) is 65.2 Å². The van der Waals surface area contributed by atoms with Crippen LogP contribution in [0.25, 0.3) is 0 Å². The Morgan fingerprint density at radius 2 is 1.76 bits per heavy atom. The van der Waals surface area contributed by atoms with Crippen molar-refractivity contribution in [1.82, 2.24) is 10.0 Å². The Morgan fingerprint density at radius 3 is 2.40 bits per heavy atom. The van der Waals surface area contributed by atoms with Crippen molar-refractivity contribution >= 4 is 15.9 Å². The van der Waals surface area contributed by atoms with Crippen LogP contribution in [0.2, 0.25) is 0 Å². The molecule has 9 heteroatoms. The molecule has 0 spiro atoms. The maximum absolute atomic E-state index is 12.7. The molecule has 0 aliphatic heterocycles. The van der Waals surface area contributed by atoms with Gasteiger partial charge in [0.15, 0.2) is 0 Å². The highest BCUT2D eigenvalue weighted by molar-refractivity contribution is 7.89. The van der Waals surface area contributed by atoms with Crippen molar-refractivity contribution in [3.63, 3.8) is 0 Å². The molecule has 0 bridgehead atoms. The van der Waals surface area contributed by atoms with Gasteiger partial charge in [0, 0.05) is 12.1 Å². The van der Waals surface area contributed by atoms with Gasteiger partial charge in [-0.05, 0) is 42.9 Å². The summed E-state index contributed by atoms with van der Waals surface area (Å²) in [7, 11) is -2.45. The van der Waals surface area contributed by atoms with E-state index >= 15 is 0 Å². The molecule has 2 aromatic rings. The van der Waals surface area contributed by atoms with E-state index in [0.29, 0.717) is 0 Å². The van der Waals surface area contributed by atoms with Crippen molar-refractivity contribution < 1.29 is 26.4 Å². The molecule has 0 aliphatic carbocycles. The van der Waals surface area contributed by atoms with Crippen LogP contribution in [0.15, 0.2) is 53.4 Å². The summed E-state index contributed by atoms with van der Waals surface area (Å²) in [5.74, 6) is -0.592. The van der Waals surface area contributed by atoms with E-state index in [4.69, 9.17) is 0 Å². The van der Waals surface area contributed by atoms with Crippen LogP contribution in [0.1, 0.15) is 21.5 Å². The first-order valence-corrected chi connectivity index (χ1v) is 8.60. The number of carbonyl (C=O) groups excluding carboxylic acids is 1. The van der Waals surface area contributed by atoms with Crippen LogP contribution in [0.4, 0.5) is 13.2 Å². The molecule has 0 aromatic heterocycles. The van der Waals surface area contributed by atoms with Gasteiger partial charge in [0.2, 0.25) is 10.0 Å². The summed E-state index contributed by atoms with van der Waals surface area (Å²) in [6, 6.07) is 9.93. The smallest absolute Gasteiger partial charge is 0.348 e. The molecule has 2 N–H and O–H groups in total. The van der Waals surface area contributed by atoms with E-state index in [0.717, 1.165) is 12.1 Å². The van der Waals surface area contributed by atoms with Crippen LogP contribution >= 0.6 is 0 Å². The first kappa shape index (κ1) is 18.9. The van der Waals surface area contributed by atoms with Crippen molar-refractivity contribution in [2.75, 3.05) is 7.05 Å². The third-order valence-electron chi connectivity index (χ3n) is 3.38. The fraction of sp³-hybridized carbons (Fsp3) is 0.188. The molecule has 0 saturated heterocycles. The van der Waals surface area contributed by atoms with Crippen LogP contribution < -0.4 is 10.0 Å². The van der Waals surface area contributed by atoms with Crippen molar-refractivity contribution in [3.8, 4) is 0 Å². The van der Waals surface area contributed by atoms with Crippen molar-refractivity contribution in [1.29, 1.82) is 0 Å². The topological polar surface area (TPSA) is 75.3 Å². The average molecular weight is 372 g/mol. The van der Waals surface area contributed by atoms with E-state index in [1.165, 1.54) is 43.4 Å². The summed E-state index contributed by atoms with van der Waals surface area (Å²) in [4.78, 5) is 12.0. The summed E-state index contributed by atoms with van der Waals surface area (Å²) in [6.45, 7) is -0.119. The number of amides is 1. The van der Waals surface area contributed by atoms with Gasteiger partial charge < -0.3 is 5.32 Å². The first-order chi connectivity index (χ1) is 11.6. The maximum Gasteiger partial charge on any atom is 0.416 e. The molecule has 134 valence electrons. The van der Waals surface area contributed by atoms with Crippen molar-refractivity contribution in [2.24, 2.45) is 0 Å². The Bertz CT molecular complexity index is 880. The van der Waals surface area contributed by atoms with Gasteiger partial charge >= 0.3 is 6.18 Å². The highest BCUT2D eigenvalue weighted by atomic mass is 32.2. The van der Waals surface area contributed by atoms with Gasteiger partial charge in [0.25, 0.3) is 5.91 Å². The lowest BCUT2D eigenvalue weighted by Gasteiger charge is -2.10. The minimum absolute atomic E-state index is 0.0817. The number of hydrogen-bond acceptors (Lipinski definition) is 3. The first-order valence-electron chi connectivity index (χ1n) is 7.11. The Labute approximate surface area is 142 Å². The lowest BCUT2D eigenvalue weighted by atomic mass is 10.1. The summed E-state index contributed by atoms with van der Waals surface area (Å²) < 4.78 is 63.6. The quantitative estimate of drug-likeness (QED) is 0.847. The van der Waals surface area contributed by atoms with Gasteiger partial charge in [-0.15, -0.1) is 0 Å². The Kier molecular flexibility index (Phi) is 5.48. The Morgan fingerprint density at radius 1 is 1.08 bits per heavy atom. The number of benzene rings is 2. The lowest BCUT2D eigenvalue weighted by Crippen LogP contribution is -2.24. The predicted molar refractivity (Wildman–Crippen MR) is 85.3 cm³/mol. The molecule has 2 aromatic carbocycles. The summed E-state index contributed by atoms with van der Waals surface area (Å²) in [5.41, 5.74) is -0.438. The lowest BCUT2D eigenvalue weighted by molar-refractivity contribution is -0.137. The average Bonchev–Trinajstić information content (AvgIpc) is 2.59. The van der Waals surface area contributed by atoms with Gasteiger partial charge in [-0.1, -0.05) is 18.2 Å². The third kappa shape index (κ3) is 4.80. The third-order valence-corrected chi connectivity index (χ3v) is 4.79. The van der Waals surface area contributed by atoms with Crippen molar-refractivity contribution in [2.45, 2.75) is 17.6 Å². The molecule has 0 aliphatic rings. The van der Waals surface area contributed by atoms with Gasteiger partial charge in [-0.2, -0.15) is 13.2 Å². The zero-order chi connectivity index (χ0) is 18.7. The zero-order valence-corrected chi connectivity index (χ0v) is 13.9. The monoisotopic (exact) mass is 372 g/mol. The van der Waals surface area contributed by atoms with Crippen LogP contribution in [-0.2, 0) is 22.7 Å². The number of sulfonamides is 1. The van der Waals surface area contributed by atoms with Crippen LogP contribution in [0, 0.1) is 0 Å². The standard InChI is InChI=1S/C16H15F3N2O3S/c1-20-25(23,24)14-7-3-5-12(9-14)15(22)21-10-11-4-2-6-13(8-11)16(17,18)19/h2-9,20H,10H2,1H3,(H,21,22). The second-order valence-electron chi connectivity index (χ2n) is 5.12. The number of halogens is 3. The van der Waals surface area contributed by atoms with Gasteiger partial charge in [-0.3, -0.25) is 4.79 Å². The van der Waals surface area contributed by atoms with E-state index in [-0.39, 0.29) is 22.6 Å². The van der Waals surface area contributed by atoms with Gasteiger partial charge in [0.1, 0.15) is 0 Å². The van der Waals surface area contributed by atoms with Crippen LogP contribution in [0.3, 0.4) is 0 Å². The van der Waals surface area contributed by atoms with E-state index in [1.54, 1.807) is 0 Å². The number of alkyl halides is 3. The number of rotatable bonds is 5. The molecule has 0 unspecified atom stereocenters. The van der Waals surface area contributed by atoms with E-state index < -0.39 is 27.7 Å². The highest BCUT2D eigenvalue weighted by Crippen LogP contribution is 2.29. The normalized spacial score (nSPS) is 12.0. The zero-order valence-electron chi connectivity index (χ0n) is 13.1. The molecule has 0 atom stereocenters. The molecular weight excluding hydrogens is 357 g/mol. The minimum atomic E-state index is -4.46. The summed E-state index contributed by atoms with van der Waals surface area (Å²) in [6.07, 6.45) is -4.46. The minimum Gasteiger partial charge on any atom is -0.348 e. The number of carbonyl (C=O) groups is 1. The van der Waals surface area contributed by atoms with Gasteiger partial charge in [0.05, 0.1) is 10.5 Å². The second-order valence-corrected chi connectivity index (χ2v) is 7.00. The fourth-order valence-electron chi connectivity index (χ4n) is 2.06. The fourth-order valence-corrected chi connectivity index (χ4v) is 2.84. The maximum atomic E-state index is 12.7. The molecular formula is C16H15F3N2O3S. The summed E-state index contributed by atoms with van der Waals surface area (Å²) in [5, 5.41) is 2.47. The SMILES string of the molecule is CNS(=O)(=O)c1cccc(C(=O)NCc2cccc(C(F)(F)F)c2)c1. The predicted octanol–water partition coefficient (Wildman–Crippen LogP) is 2.54. The Hall–Kier alpha value is -2.39. The molecule has 25 heavy (non-hydrogen) atoms. The van der Waals surface area contributed by atoms with Crippen LogP contribution in [0.5, 0.6) is 0 Å². The molecule has 0 radical (unpaired) electrons. The molecule has 0 fully saturated rings. The summed E-state index contributed by atoms with van der Waals surface area (Å²) >= 11 is 0. The Balaban J connectivity index is 2.13. The highest BCUT2D eigenvalue weighted by Gasteiger charge is 2.30. The molecule has 0 saturated carbocycles. The molecule has 2 rings (SSSR count). The van der Waals surface area contributed by atoms with Crippen LogP contribution in [-0.4, -0.2) is 21.4 Å². The number of hydrogen-bond donors (Lipinski definition) is 2. The molecule has 5 nitrogen and oxygen atoms in total. The molecule has 0 heterocycles. The van der Waals surface area contributed by atoms with E-state index in [1.807, 2.05) is 0 Å².